The molecule has 1 heterocycles. The minimum atomic E-state index is -0.557. The van der Waals surface area contributed by atoms with Crippen molar-refractivity contribution in [1.29, 1.82) is 0 Å². The highest BCUT2D eigenvalue weighted by Crippen LogP contribution is 2.31. The molecule has 0 bridgehead atoms. The molecule has 0 amide bonds. The molecule has 2 aromatic carbocycles. The molecule has 4 heteroatoms. The van der Waals surface area contributed by atoms with Crippen LogP contribution in [0.25, 0.3) is 0 Å². The monoisotopic (exact) mass is 316 g/mol. The molecule has 2 aromatic rings. The van der Waals surface area contributed by atoms with Gasteiger partial charge < -0.3 is 10.6 Å². The number of rotatable bonds is 2. The van der Waals surface area contributed by atoms with Crippen molar-refractivity contribution >= 4 is 5.69 Å². The fourth-order valence-electron chi connectivity index (χ4n) is 3.33. The topological polar surface area (TPSA) is 29.3 Å². The molecule has 2 unspecified atom stereocenters. The van der Waals surface area contributed by atoms with Crippen molar-refractivity contribution in [1.82, 2.24) is 0 Å². The largest absolute Gasteiger partial charge is 0.367 e. The molecule has 0 aliphatic carbocycles. The van der Waals surface area contributed by atoms with Gasteiger partial charge in [-0.1, -0.05) is 18.2 Å². The van der Waals surface area contributed by atoms with Crippen LogP contribution in [-0.2, 0) is 0 Å². The van der Waals surface area contributed by atoms with E-state index in [2.05, 4.69) is 32.0 Å². The van der Waals surface area contributed by atoms with E-state index in [-0.39, 0.29) is 12.0 Å². The minimum absolute atomic E-state index is 0.0280. The van der Waals surface area contributed by atoms with Gasteiger partial charge in [-0.05, 0) is 49.1 Å². The van der Waals surface area contributed by atoms with Gasteiger partial charge in [-0.3, -0.25) is 0 Å². The first-order valence-corrected chi connectivity index (χ1v) is 7.97. The predicted molar refractivity (Wildman–Crippen MR) is 89.8 cm³/mol. The predicted octanol–water partition coefficient (Wildman–Crippen LogP) is 3.90. The Balaban J connectivity index is 1.88. The van der Waals surface area contributed by atoms with Crippen molar-refractivity contribution in [2.24, 2.45) is 5.73 Å². The summed E-state index contributed by atoms with van der Waals surface area (Å²) in [6.07, 6.45) is 0.877. The van der Waals surface area contributed by atoms with E-state index in [1.807, 2.05) is 4.90 Å². The van der Waals surface area contributed by atoms with Crippen LogP contribution in [0.2, 0.25) is 0 Å². The first kappa shape index (κ1) is 15.9. The highest BCUT2D eigenvalue weighted by molar-refractivity contribution is 5.49. The van der Waals surface area contributed by atoms with Crippen LogP contribution in [0.15, 0.2) is 36.4 Å². The molecule has 1 aliphatic rings. The second-order valence-electron chi connectivity index (χ2n) is 6.54. The minimum Gasteiger partial charge on any atom is -0.367 e. The van der Waals surface area contributed by atoms with E-state index in [0.717, 1.165) is 12.5 Å². The molecule has 2 atom stereocenters. The molecule has 0 spiro atoms. The third kappa shape index (κ3) is 3.37. The highest BCUT2D eigenvalue weighted by Gasteiger charge is 2.28. The van der Waals surface area contributed by atoms with E-state index in [1.165, 1.54) is 28.8 Å². The first-order chi connectivity index (χ1) is 10.9. The molecule has 2 N–H and O–H groups in total. The lowest BCUT2D eigenvalue weighted by molar-refractivity contribution is 0.448. The average Bonchev–Trinajstić information content (AvgIpc) is 2.49. The van der Waals surface area contributed by atoms with Crippen molar-refractivity contribution in [2.45, 2.75) is 32.2 Å². The van der Waals surface area contributed by atoms with Crippen LogP contribution < -0.4 is 10.6 Å². The Morgan fingerprint density at radius 2 is 1.78 bits per heavy atom. The van der Waals surface area contributed by atoms with Crippen molar-refractivity contribution in [2.75, 3.05) is 18.0 Å². The van der Waals surface area contributed by atoms with Crippen LogP contribution in [0.3, 0.4) is 0 Å². The average molecular weight is 316 g/mol. The Morgan fingerprint density at radius 1 is 1.00 bits per heavy atom. The van der Waals surface area contributed by atoms with E-state index in [1.54, 1.807) is 0 Å². The Morgan fingerprint density at radius 3 is 2.48 bits per heavy atom. The maximum Gasteiger partial charge on any atom is 0.149 e. The second kappa shape index (κ2) is 6.28. The van der Waals surface area contributed by atoms with Crippen molar-refractivity contribution in [3.8, 4) is 0 Å². The number of hydrogen-bond donors (Lipinski definition) is 1. The van der Waals surface area contributed by atoms with Crippen LogP contribution in [-0.4, -0.2) is 19.1 Å². The zero-order valence-corrected chi connectivity index (χ0v) is 13.5. The molecule has 3 rings (SSSR count). The normalized spacial score (nSPS) is 21.5. The number of nitrogens with two attached hydrogens (primary N) is 1. The van der Waals surface area contributed by atoms with Crippen LogP contribution in [0.4, 0.5) is 14.5 Å². The number of benzene rings is 2. The van der Waals surface area contributed by atoms with Gasteiger partial charge in [0.2, 0.25) is 0 Å². The number of hydrogen-bond acceptors (Lipinski definition) is 2. The van der Waals surface area contributed by atoms with Gasteiger partial charge in [0.05, 0.1) is 5.69 Å². The van der Waals surface area contributed by atoms with Crippen LogP contribution in [0.1, 0.15) is 29.0 Å². The van der Waals surface area contributed by atoms with Crippen molar-refractivity contribution in [3.63, 3.8) is 0 Å². The van der Waals surface area contributed by atoms with Crippen LogP contribution in [0, 0.1) is 25.5 Å². The fourth-order valence-corrected chi connectivity index (χ4v) is 3.33. The molecule has 1 aliphatic heterocycles. The Kier molecular flexibility index (Phi) is 4.35. The summed E-state index contributed by atoms with van der Waals surface area (Å²) in [7, 11) is 0. The van der Waals surface area contributed by atoms with E-state index in [9.17, 15) is 8.78 Å². The summed E-state index contributed by atoms with van der Waals surface area (Å²) in [5.41, 5.74) is 10.4. The Labute approximate surface area is 135 Å². The van der Waals surface area contributed by atoms with E-state index in [4.69, 9.17) is 5.73 Å². The third-order valence-corrected chi connectivity index (χ3v) is 4.74. The molecule has 122 valence electrons. The summed E-state index contributed by atoms with van der Waals surface area (Å²) in [5.74, 6) is -0.835. The van der Waals surface area contributed by atoms with Crippen molar-refractivity contribution < 1.29 is 8.78 Å². The molecule has 1 saturated heterocycles. The number of aryl methyl sites for hydroxylation is 2. The zero-order chi connectivity index (χ0) is 16.6. The number of halogens is 2. The zero-order valence-electron chi connectivity index (χ0n) is 13.5. The molecule has 23 heavy (non-hydrogen) atoms. The number of piperidine rings is 1. The molecule has 0 aromatic heterocycles. The standard InChI is InChI=1S/C19H22F2N2/c1-12-3-4-14(7-13(12)2)15-8-17(22)11-23(10-15)19-6-5-16(20)9-18(19)21/h3-7,9,15,17H,8,10-11,22H2,1-2H3. The highest BCUT2D eigenvalue weighted by atomic mass is 19.1. The summed E-state index contributed by atoms with van der Waals surface area (Å²) in [4.78, 5) is 1.93. The van der Waals surface area contributed by atoms with Gasteiger partial charge in [0, 0.05) is 31.1 Å². The Bertz CT molecular complexity index is 715. The summed E-state index contributed by atoms with van der Waals surface area (Å²) in [5, 5.41) is 0. The van der Waals surface area contributed by atoms with Gasteiger partial charge in [-0.25, -0.2) is 8.78 Å². The van der Waals surface area contributed by atoms with Gasteiger partial charge in [-0.15, -0.1) is 0 Å². The van der Waals surface area contributed by atoms with E-state index in [0.29, 0.717) is 18.8 Å². The van der Waals surface area contributed by atoms with Crippen LogP contribution in [0.5, 0.6) is 0 Å². The number of anilines is 1. The second-order valence-corrected chi connectivity index (χ2v) is 6.54. The van der Waals surface area contributed by atoms with Crippen LogP contribution >= 0.6 is 0 Å². The fraction of sp³-hybridized carbons (Fsp3) is 0.368. The molecular formula is C19H22F2N2. The van der Waals surface area contributed by atoms with E-state index < -0.39 is 11.6 Å². The lowest BCUT2D eigenvalue weighted by Gasteiger charge is -2.38. The maximum absolute atomic E-state index is 14.1. The van der Waals surface area contributed by atoms with Gasteiger partial charge >= 0.3 is 0 Å². The lowest BCUT2D eigenvalue weighted by atomic mass is 9.86. The van der Waals surface area contributed by atoms with Gasteiger partial charge in [0.15, 0.2) is 0 Å². The van der Waals surface area contributed by atoms with Gasteiger partial charge in [0.1, 0.15) is 11.6 Å². The van der Waals surface area contributed by atoms with E-state index >= 15 is 0 Å². The lowest BCUT2D eigenvalue weighted by Crippen LogP contribution is -2.46. The van der Waals surface area contributed by atoms with Crippen molar-refractivity contribution in [3.05, 3.63) is 64.7 Å². The maximum atomic E-state index is 14.1. The molecule has 0 saturated carbocycles. The SMILES string of the molecule is Cc1ccc(C2CC(N)CN(c3ccc(F)cc3F)C2)cc1C. The molecule has 2 nitrogen and oxygen atoms in total. The molecule has 1 fully saturated rings. The number of nitrogens with zero attached hydrogens (tertiary/aromatic N) is 1. The summed E-state index contributed by atoms with van der Waals surface area (Å²) >= 11 is 0. The molecule has 0 radical (unpaired) electrons. The van der Waals surface area contributed by atoms with Gasteiger partial charge in [-0.2, -0.15) is 0 Å². The third-order valence-electron chi connectivity index (χ3n) is 4.74. The molecular weight excluding hydrogens is 294 g/mol. The Hall–Kier alpha value is -1.94. The quantitative estimate of drug-likeness (QED) is 0.910. The smallest absolute Gasteiger partial charge is 0.149 e. The first-order valence-electron chi connectivity index (χ1n) is 7.97. The summed E-state index contributed by atoms with van der Waals surface area (Å²) < 4.78 is 27.2. The summed E-state index contributed by atoms with van der Waals surface area (Å²) in [6, 6.07) is 10.1. The summed E-state index contributed by atoms with van der Waals surface area (Å²) in [6.45, 7) is 5.47. The van der Waals surface area contributed by atoms with Gasteiger partial charge in [0.25, 0.3) is 0 Å².